The number of aromatic nitrogens is 2. The molecule has 2 heterocycles. The maximum absolute atomic E-state index is 12.3. The molecule has 1 unspecified atom stereocenters. The van der Waals surface area contributed by atoms with E-state index < -0.39 is 10.0 Å². The molecule has 1 aromatic rings. The molecular formula is C11H21N5O3S. The van der Waals surface area contributed by atoms with E-state index in [-0.39, 0.29) is 23.4 Å². The number of ether oxygens (including phenoxy) is 1. The van der Waals surface area contributed by atoms with Gasteiger partial charge in [0, 0.05) is 26.7 Å². The Morgan fingerprint density at radius 2 is 2.20 bits per heavy atom. The molecule has 1 atom stereocenters. The molecule has 3 N–H and O–H groups in total. The van der Waals surface area contributed by atoms with Crippen LogP contribution in [-0.2, 0) is 21.8 Å². The summed E-state index contributed by atoms with van der Waals surface area (Å²) in [5.74, 6) is 0.0131. The summed E-state index contributed by atoms with van der Waals surface area (Å²) >= 11 is 0. The standard InChI is InChI=1S/C11H21N5O3S/c1-8-10(11(12)14-16(8)3)20(17,18)13-6-9-7-15(2)4-5-19-9/h9,13H,4-7H2,1-3H3,(H2,12,14). The van der Waals surface area contributed by atoms with Gasteiger partial charge in [-0.2, -0.15) is 5.10 Å². The number of hydrogen-bond acceptors (Lipinski definition) is 6. The number of rotatable bonds is 4. The fourth-order valence-corrected chi connectivity index (χ4v) is 3.60. The van der Waals surface area contributed by atoms with Crippen molar-refractivity contribution in [2.75, 3.05) is 39.0 Å². The van der Waals surface area contributed by atoms with Crippen molar-refractivity contribution in [2.45, 2.75) is 17.9 Å². The smallest absolute Gasteiger partial charge is 0.246 e. The van der Waals surface area contributed by atoms with Gasteiger partial charge in [0.25, 0.3) is 0 Å². The summed E-state index contributed by atoms with van der Waals surface area (Å²) in [4.78, 5) is 2.15. The fraction of sp³-hybridized carbons (Fsp3) is 0.727. The molecule has 1 aliphatic rings. The van der Waals surface area contributed by atoms with E-state index in [1.807, 2.05) is 7.05 Å². The number of nitrogens with one attached hydrogen (secondary N) is 1. The normalized spacial score (nSPS) is 21.2. The van der Waals surface area contributed by atoms with Crippen LogP contribution in [-0.4, -0.2) is 62.5 Å². The molecule has 9 heteroatoms. The molecule has 0 spiro atoms. The highest BCUT2D eigenvalue weighted by Gasteiger charge is 2.26. The molecule has 114 valence electrons. The number of anilines is 1. The summed E-state index contributed by atoms with van der Waals surface area (Å²) in [7, 11) is -0.0384. The lowest BCUT2D eigenvalue weighted by molar-refractivity contribution is -0.0156. The van der Waals surface area contributed by atoms with E-state index in [0.717, 1.165) is 6.54 Å². The highest BCUT2D eigenvalue weighted by molar-refractivity contribution is 7.89. The summed E-state index contributed by atoms with van der Waals surface area (Å²) in [6.45, 7) is 4.06. The van der Waals surface area contributed by atoms with Gasteiger partial charge in [-0.1, -0.05) is 0 Å². The Kier molecular flexibility index (Phi) is 4.33. The van der Waals surface area contributed by atoms with Gasteiger partial charge in [0.2, 0.25) is 10.0 Å². The first-order valence-corrected chi connectivity index (χ1v) is 7.88. The van der Waals surface area contributed by atoms with E-state index in [4.69, 9.17) is 10.5 Å². The van der Waals surface area contributed by atoms with Crippen molar-refractivity contribution in [1.29, 1.82) is 0 Å². The Hall–Kier alpha value is -1.16. The summed E-state index contributed by atoms with van der Waals surface area (Å²) in [6, 6.07) is 0. The van der Waals surface area contributed by atoms with Crippen LogP contribution in [0.4, 0.5) is 5.82 Å². The number of nitrogen functional groups attached to an aromatic ring is 1. The van der Waals surface area contributed by atoms with Gasteiger partial charge in [-0.25, -0.2) is 13.1 Å². The zero-order valence-electron chi connectivity index (χ0n) is 12.0. The summed E-state index contributed by atoms with van der Waals surface area (Å²) in [5.41, 5.74) is 6.18. The molecule has 1 aliphatic heterocycles. The van der Waals surface area contributed by atoms with Crippen molar-refractivity contribution in [3.05, 3.63) is 5.69 Å². The van der Waals surface area contributed by atoms with Gasteiger partial charge in [0.05, 0.1) is 18.4 Å². The van der Waals surface area contributed by atoms with Crippen LogP contribution >= 0.6 is 0 Å². The third kappa shape index (κ3) is 3.11. The molecule has 1 saturated heterocycles. The van der Waals surface area contributed by atoms with Gasteiger partial charge in [0.15, 0.2) is 5.82 Å². The topological polar surface area (TPSA) is 102 Å². The highest BCUT2D eigenvalue weighted by atomic mass is 32.2. The van der Waals surface area contributed by atoms with Gasteiger partial charge in [-0.15, -0.1) is 0 Å². The summed E-state index contributed by atoms with van der Waals surface area (Å²) < 4.78 is 34.1. The third-order valence-corrected chi connectivity index (χ3v) is 5.00. The second-order valence-electron chi connectivity index (χ2n) is 5.03. The van der Waals surface area contributed by atoms with Crippen LogP contribution in [0.1, 0.15) is 5.69 Å². The lowest BCUT2D eigenvalue weighted by Crippen LogP contribution is -2.45. The van der Waals surface area contributed by atoms with Crippen LogP contribution in [0.3, 0.4) is 0 Å². The van der Waals surface area contributed by atoms with Crippen LogP contribution in [0.2, 0.25) is 0 Å². The Bertz CT molecular complexity index is 583. The maximum Gasteiger partial charge on any atom is 0.246 e. The molecule has 1 aromatic heterocycles. The highest BCUT2D eigenvalue weighted by Crippen LogP contribution is 2.20. The number of morpholine rings is 1. The molecule has 0 aromatic carbocycles. The van der Waals surface area contributed by atoms with E-state index in [1.165, 1.54) is 4.68 Å². The van der Waals surface area contributed by atoms with Crippen molar-refractivity contribution in [3.63, 3.8) is 0 Å². The van der Waals surface area contributed by atoms with E-state index in [1.54, 1.807) is 14.0 Å². The van der Waals surface area contributed by atoms with Crippen molar-refractivity contribution in [1.82, 2.24) is 19.4 Å². The monoisotopic (exact) mass is 303 g/mol. The van der Waals surface area contributed by atoms with Crippen LogP contribution < -0.4 is 10.5 Å². The van der Waals surface area contributed by atoms with Crippen molar-refractivity contribution in [2.24, 2.45) is 7.05 Å². The minimum Gasteiger partial charge on any atom is -0.381 e. The molecular weight excluding hydrogens is 282 g/mol. The molecule has 0 amide bonds. The van der Waals surface area contributed by atoms with Crippen LogP contribution in [0.25, 0.3) is 0 Å². The van der Waals surface area contributed by atoms with E-state index in [9.17, 15) is 8.42 Å². The van der Waals surface area contributed by atoms with E-state index >= 15 is 0 Å². The first-order chi connectivity index (χ1) is 9.31. The van der Waals surface area contributed by atoms with Gasteiger partial charge in [0.1, 0.15) is 4.90 Å². The minimum atomic E-state index is -3.67. The first kappa shape index (κ1) is 15.2. The fourth-order valence-electron chi connectivity index (χ4n) is 2.21. The molecule has 0 bridgehead atoms. The number of aryl methyl sites for hydroxylation is 1. The van der Waals surface area contributed by atoms with Crippen LogP contribution in [0.5, 0.6) is 0 Å². The Labute approximate surface area is 118 Å². The minimum absolute atomic E-state index is 0.0131. The van der Waals surface area contributed by atoms with E-state index in [0.29, 0.717) is 18.8 Å². The zero-order valence-corrected chi connectivity index (χ0v) is 12.8. The molecule has 0 radical (unpaired) electrons. The molecule has 0 aliphatic carbocycles. The predicted octanol–water partition coefficient (Wildman–Crippen LogP) is -1.08. The van der Waals surface area contributed by atoms with Crippen molar-refractivity contribution < 1.29 is 13.2 Å². The van der Waals surface area contributed by atoms with Gasteiger partial charge < -0.3 is 15.4 Å². The van der Waals surface area contributed by atoms with Crippen molar-refractivity contribution >= 4 is 15.8 Å². The molecule has 8 nitrogen and oxygen atoms in total. The average molecular weight is 303 g/mol. The zero-order chi connectivity index (χ0) is 14.9. The second kappa shape index (κ2) is 5.68. The quantitative estimate of drug-likeness (QED) is 0.733. The van der Waals surface area contributed by atoms with Crippen LogP contribution in [0.15, 0.2) is 4.90 Å². The SMILES string of the molecule is Cc1c(S(=O)(=O)NCC2CN(C)CCO2)c(N)nn1C. The lowest BCUT2D eigenvalue weighted by Gasteiger charge is -2.30. The van der Waals surface area contributed by atoms with Gasteiger partial charge in [-0.3, -0.25) is 4.68 Å². The molecule has 2 rings (SSSR count). The molecule has 0 saturated carbocycles. The van der Waals surface area contributed by atoms with Gasteiger partial charge >= 0.3 is 0 Å². The van der Waals surface area contributed by atoms with Gasteiger partial charge in [-0.05, 0) is 14.0 Å². The molecule has 20 heavy (non-hydrogen) atoms. The van der Waals surface area contributed by atoms with E-state index in [2.05, 4.69) is 14.7 Å². The predicted molar refractivity (Wildman–Crippen MR) is 74.8 cm³/mol. The Balaban J connectivity index is 2.08. The summed E-state index contributed by atoms with van der Waals surface area (Å²) in [5, 5.41) is 3.92. The second-order valence-corrected chi connectivity index (χ2v) is 6.73. The molecule has 1 fully saturated rings. The number of nitrogens with zero attached hydrogens (tertiary/aromatic N) is 3. The maximum atomic E-state index is 12.3. The largest absolute Gasteiger partial charge is 0.381 e. The average Bonchev–Trinajstić information content (AvgIpc) is 2.61. The Morgan fingerprint density at radius 3 is 2.75 bits per heavy atom. The van der Waals surface area contributed by atoms with Crippen LogP contribution in [0, 0.1) is 6.92 Å². The third-order valence-electron chi connectivity index (χ3n) is 3.42. The summed E-state index contributed by atoms with van der Waals surface area (Å²) in [6.07, 6.45) is -0.151. The number of hydrogen-bond donors (Lipinski definition) is 2. The number of sulfonamides is 1. The number of nitrogens with two attached hydrogens (primary N) is 1. The number of likely N-dealkylation sites (N-methyl/N-ethyl adjacent to an activating group) is 1. The Morgan fingerprint density at radius 1 is 1.50 bits per heavy atom. The first-order valence-electron chi connectivity index (χ1n) is 6.40. The van der Waals surface area contributed by atoms with Crippen molar-refractivity contribution in [3.8, 4) is 0 Å². The lowest BCUT2D eigenvalue weighted by atomic mass is 10.3.